The number of benzene rings is 1. The zero-order chi connectivity index (χ0) is 17.6. The summed E-state index contributed by atoms with van der Waals surface area (Å²) in [5.74, 6) is 0.820. The van der Waals surface area contributed by atoms with Crippen molar-refractivity contribution in [1.82, 2.24) is 10.2 Å². The molecule has 3 rings (SSSR count). The Hall–Kier alpha value is -1.05. The van der Waals surface area contributed by atoms with Gasteiger partial charge in [0.05, 0.1) is 19.3 Å². The van der Waals surface area contributed by atoms with E-state index in [1.165, 1.54) is 18.4 Å². The second-order valence-electron chi connectivity index (χ2n) is 6.84. The van der Waals surface area contributed by atoms with E-state index in [1.807, 2.05) is 12.1 Å². The SMILES string of the molecule is COc1cccc(C(CNC(=O)[C@@H]2CC[C@H](CN)O2)N2CCCC2)c1.Cl.Cl. The minimum Gasteiger partial charge on any atom is -0.497 e. The number of carbonyl (C=O) groups is 1. The molecule has 6 nitrogen and oxygen atoms in total. The van der Waals surface area contributed by atoms with Crippen molar-refractivity contribution >= 4 is 30.7 Å². The molecule has 1 aromatic carbocycles. The Morgan fingerprint density at radius 2 is 2.07 bits per heavy atom. The monoisotopic (exact) mass is 419 g/mol. The van der Waals surface area contributed by atoms with E-state index in [0.717, 1.165) is 31.7 Å². The van der Waals surface area contributed by atoms with Gasteiger partial charge in [-0.2, -0.15) is 0 Å². The summed E-state index contributed by atoms with van der Waals surface area (Å²) in [6.45, 7) is 3.18. The first-order valence-corrected chi connectivity index (χ1v) is 9.22. The molecule has 27 heavy (non-hydrogen) atoms. The van der Waals surface area contributed by atoms with Crippen molar-refractivity contribution in [1.29, 1.82) is 0 Å². The van der Waals surface area contributed by atoms with Crippen LogP contribution in [0.3, 0.4) is 0 Å². The fourth-order valence-electron chi connectivity index (χ4n) is 3.74. The number of carbonyl (C=O) groups excluding carboxylic acids is 1. The molecule has 2 aliphatic rings. The van der Waals surface area contributed by atoms with E-state index in [4.69, 9.17) is 15.2 Å². The van der Waals surface area contributed by atoms with E-state index >= 15 is 0 Å². The third-order valence-electron chi connectivity index (χ3n) is 5.19. The van der Waals surface area contributed by atoms with Gasteiger partial charge in [-0.25, -0.2) is 0 Å². The predicted molar refractivity (Wildman–Crippen MR) is 111 cm³/mol. The lowest BCUT2D eigenvalue weighted by Gasteiger charge is -2.29. The van der Waals surface area contributed by atoms with Gasteiger partial charge in [0, 0.05) is 13.1 Å². The van der Waals surface area contributed by atoms with Gasteiger partial charge in [-0.05, 0) is 56.5 Å². The summed E-state index contributed by atoms with van der Waals surface area (Å²) in [5, 5.41) is 3.09. The minimum atomic E-state index is -0.363. The summed E-state index contributed by atoms with van der Waals surface area (Å²) in [5.41, 5.74) is 6.80. The quantitative estimate of drug-likeness (QED) is 0.708. The van der Waals surface area contributed by atoms with E-state index in [9.17, 15) is 4.79 Å². The fourth-order valence-corrected chi connectivity index (χ4v) is 3.74. The van der Waals surface area contributed by atoms with Gasteiger partial charge in [0.15, 0.2) is 0 Å². The molecule has 2 fully saturated rings. The number of amides is 1. The van der Waals surface area contributed by atoms with Crippen molar-refractivity contribution in [2.24, 2.45) is 5.73 Å². The van der Waals surface area contributed by atoms with E-state index in [1.54, 1.807) is 7.11 Å². The lowest BCUT2D eigenvalue weighted by atomic mass is 10.0. The number of likely N-dealkylation sites (tertiary alicyclic amines) is 1. The molecular formula is C19H31Cl2N3O3. The lowest BCUT2D eigenvalue weighted by molar-refractivity contribution is -0.132. The molecule has 2 aliphatic heterocycles. The van der Waals surface area contributed by atoms with Crippen molar-refractivity contribution < 1.29 is 14.3 Å². The number of nitrogens with one attached hydrogen (secondary N) is 1. The Bertz CT molecular complexity index is 585. The molecule has 0 radical (unpaired) electrons. The maximum absolute atomic E-state index is 12.5. The Morgan fingerprint density at radius 1 is 1.33 bits per heavy atom. The van der Waals surface area contributed by atoms with Crippen LogP contribution in [0.4, 0.5) is 0 Å². The van der Waals surface area contributed by atoms with Crippen molar-refractivity contribution in [3.8, 4) is 5.75 Å². The highest BCUT2D eigenvalue weighted by Gasteiger charge is 2.31. The summed E-state index contributed by atoms with van der Waals surface area (Å²) < 4.78 is 11.1. The van der Waals surface area contributed by atoms with Gasteiger partial charge in [0.1, 0.15) is 11.9 Å². The standard InChI is InChI=1S/C19H29N3O3.2ClH/c1-24-15-6-4-5-14(11-15)17(22-9-2-3-10-22)13-21-19(23)18-8-7-16(12-20)25-18;;/h4-6,11,16-18H,2-3,7-10,12-13,20H2,1H3,(H,21,23);2*1H/t16-,17?,18+;;/m1../s1. The zero-order valence-corrected chi connectivity index (χ0v) is 17.4. The van der Waals surface area contributed by atoms with Crippen LogP contribution in [0.2, 0.25) is 0 Å². The highest BCUT2D eigenvalue weighted by atomic mass is 35.5. The molecule has 1 aromatic rings. The third kappa shape index (κ3) is 6.22. The maximum Gasteiger partial charge on any atom is 0.249 e. The number of halogens is 2. The van der Waals surface area contributed by atoms with Crippen LogP contribution < -0.4 is 15.8 Å². The summed E-state index contributed by atoms with van der Waals surface area (Å²) in [4.78, 5) is 14.9. The number of nitrogens with zero attached hydrogens (tertiary/aromatic N) is 1. The first kappa shape index (κ1) is 24.0. The van der Waals surface area contributed by atoms with Gasteiger partial charge >= 0.3 is 0 Å². The molecule has 1 amide bonds. The van der Waals surface area contributed by atoms with Crippen LogP contribution in [0.25, 0.3) is 0 Å². The fraction of sp³-hybridized carbons (Fsp3) is 0.632. The minimum absolute atomic E-state index is 0. The lowest BCUT2D eigenvalue weighted by Crippen LogP contribution is -2.41. The molecule has 0 aromatic heterocycles. The molecule has 2 heterocycles. The Balaban J connectivity index is 0.00000182. The van der Waals surface area contributed by atoms with Gasteiger partial charge < -0.3 is 20.5 Å². The smallest absolute Gasteiger partial charge is 0.249 e. The Labute approximate surface area is 174 Å². The summed E-state index contributed by atoms with van der Waals surface area (Å²) >= 11 is 0. The number of rotatable bonds is 7. The van der Waals surface area contributed by atoms with Crippen molar-refractivity contribution in [3.05, 3.63) is 29.8 Å². The third-order valence-corrected chi connectivity index (χ3v) is 5.19. The van der Waals surface area contributed by atoms with Gasteiger partial charge in [-0.15, -0.1) is 24.8 Å². The number of hydrogen-bond acceptors (Lipinski definition) is 5. The van der Waals surface area contributed by atoms with Crippen LogP contribution in [0, 0.1) is 0 Å². The van der Waals surface area contributed by atoms with Crippen molar-refractivity contribution in [2.45, 2.75) is 43.9 Å². The molecular weight excluding hydrogens is 389 g/mol. The van der Waals surface area contributed by atoms with Gasteiger partial charge in [-0.3, -0.25) is 9.69 Å². The molecule has 154 valence electrons. The van der Waals surface area contributed by atoms with Gasteiger partial charge in [0.25, 0.3) is 0 Å². The number of ether oxygens (including phenoxy) is 2. The van der Waals surface area contributed by atoms with Crippen molar-refractivity contribution in [2.75, 3.05) is 33.3 Å². The second-order valence-corrected chi connectivity index (χ2v) is 6.84. The van der Waals surface area contributed by atoms with E-state index in [2.05, 4.69) is 22.3 Å². The molecule has 3 N–H and O–H groups in total. The van der Waals surface area contributed by atoms with Crippen LogP contribution in [0.15, 0.2) is 24.3 Å². The van der Waals surface area contributed by atoms with Crippen LogP contribution in [-0.4, -0.2) is 56.3 Å². The first-order valence-electron chi connectivity index (χ1n) is 9.22. The van der Waals surface area contributed by atoms with Crippen LogP contribution >= 0.6 is 24.8 Å². The average Bonchev–Trinajstić information content (AvgIpc) is 3.34. The van der Waals surface area contributed by atoms with E-state index in [-0.39, 0.29) is 49.0 Å². The molecule has 0 aliphatic carbocycles. The Kier molecular flexibility index (Phi) is 10.4. The second kappa shape index (κ2) is 11.7. The average molecular weight is 420 g/mol. The van der Waals surface area contributed by atoms with Crippen LogP contribution in [0.1, 0.15) is 37.3 Å². The zero-order valence-electron chi connectivity index (χ0n) is 15.8. The maximum atomic E-state index is 12.5. The van der Waals surface area contributed by atoms with Crippen LogP contribution in [-0.2, 0) is 9.53 Å². The summed E-state index contributed by atoms with van der Waals surface area (Å²) in [6, 6.07) is 8.28. The molecule has 0 bridgehead atoms. The topological polar surface area (TPSA) is 76.8 Å². The Morgan fingerprint density at radius 3 is 2.70 bits per heavy atom. The summed E-state index contributed by atoms with van der Waals surface area (Å²) in [7, 11) is 1.68. The summed E-state index contributed by atoms with van der Waals surface area (Å²) in [6.07, 6.45) is 3.68. The predicted octanol–water partition coefficient (Wildman–Crippen LogP) is 2.30. The molecule has 3 atom stereocenters. The highest BCUT2D eigenvalue weighted by molar-refractivity contribution is 5.85. The molecule has 8 heteroatoms. The molecule has 0 saturated carbocycles. The van der Waals surface area contributed by atoms with Crippen LogP contribution in [0.5, 0.6) is 5.75 Å². The van der Waals surface area contributed by atoms with Crippen molar-refractivity contribution in [3.63, 3.8) is 0 Å². The highest BCUT2D eigenvalue weighted by Crippen LogP contribution is 2.27. The normalized spacial score (nSPS) is 23.2. The molecule has 0 spiro atoms. The van der Waals surface area contributed by atoms with E-state index in [0.29, 0.717) is 13.1 Å². The largest absolute Gasteiger partial charge is 0.497 e. The van der Waals surface area contributed by atoms with Gasteiger partial charge in [0.2, 0.25) is 5.91 Å². The number of hydrogen-bond donors (Lipinski definition) is 2. The molecule has 1 unspecified atom stereocenters. The number of nitrogens with two attached hydrogens (primary N) is 1. The van der Waals surface area contributed by atoms with Gasteiger partial charge in [-0.1, -0.05) is 12.1 Å². The molecule has 2 saturated heterocycles. The first-order chi connectivity index (χ1) is 12.2. The van der Waals surface area contributed by atoms with E-state index < -0.39 is 0 Å². The number of methoxy groups -OCH3 is 1.